The number of anilines is 2. The van der Waals surface area contributed by atoms with E-state index in [2.05, 4.69) is 30.2 Å². The van der Waals surface area contributed by atoms with Gasteiger partial charge in [-0.3, -0.25) is 4.98 Å². The molecule has 0 fully saturated rings. The van der Waals surface area contributed by atoms with Crippen molar-refractivity contribution >= 4 is 22.1 Å². The van der Waals surface area contributed by atoms with Gasteiger partial charge in [0.25, 0.3) is 0 Å². The second kappa shape index (κ2) is 7.13. The number of aromatic nitrogens is 1. The third-order valence-corrected chi connectivity index (χ3v) is 3.98. The zero-order valence-corrected chi connectivity index (χ0v) is 12.5. The van der Waals surface area contributed by atoms with Crippen LogP contribution in [0.1, 0.15) is 39.5 Å². The van der Waals surface area contributed by atoms with E-state index in [-0.39, 0.29) is 0 Å². The molecule has 3 nitrogen and oxygen atoms in total. The summed E-state index contributed by atoms with van der Waals surface area (Å²) in [6, 6.07) is 6.01. The number of nitrogens with two attached hydrogens (primary N) is 1. The Morgan fingerprint density at radius 1 is 1.20 bits per heavy atom. The Bertz CT molecular complexity index is 551. The number of hydrogen-bond acceptors (Lipinski definition) is 3. The molecular weight excluding hydrogens is 246 g/mol. The van der Waals surface area contributed by atoms with Crippen LogP contribution in [0.25, 0.3) is 10.8 Å². The molecule has 2 aromatic rings. The first kappa shape index (κ1) is 14.6. The highest BCUT2D eigenvalue weighted by Crippen LogP contribution is 2.27. The molecule has 1 unspecified atom stereocenters. The highest BCUT2D eigenvalue weighted by Gasteiger charge is 2.08. The fourth-order valence-electron chi connectivity index (χ4n) is 2.57. The number of nitrogens with zero attached hydrogens (tertiary/aromatic N) is 1. The lowest BCUT2D eigenvalue weighted by Gasteiger charge is -2.17. The van der Waals surface area contributed by atoms with Crippen molar-refractivity contribution in [2.75, 3.05) is 17.6 Å². The molecule has 0 saturated heterocycles. The third kappa shape index (κ3) is 3.41. The molecule has 2 rings (SSSR count). The molecule has 0 aliphatic carbocycles. The van der Waals surface area contributed by atoms with E-state index in [4.69, 9.17) is 5.73 Å². The minimum Gasteiger partial charge on any atom is -0.398 e. The quantitative estimate of drug-likeness (QED) is 0.732. The Morgan fingerprint density at radius 3 is 2.80 bits per heavy atom. The van der Waals surface area contributed by atoms with Gasteiger partial charge in [0.1, 0.15) is 0 Å². The zero-order chi connectivity index (χ0) is 14.4. The third-order valence-electron chi connectivity index (χ3n) is 3.98. The van der Waals surface area contributed by atoms with Crippen LogP contribution in [-0.2, 0) is 0 Å². The number of hydrogen-bond donors (Lipinski definition) is 2. The van der Waals surface area contributed by atoms with E-state index in [1.54, 1.807) is 6.20 Å². The molecule has 0 spiro atoms. The van der Waals surface area contributed by atoms with Crippen LogP contribution in [0.2, 0.25) is 0 Å². The lowest BCUT2D eigenvalue weighted by Crippen LogP contribution is -2.14. The second-order valence-corrected chi connectivity index (χ2v) is 5.42. The summed E-state index contributed by atoms with van der Waals surface area (Å²) in [6.45, 7) is 5.54. The maximum Gasteiger partial charge on any atom is 0.0437 e. The molecule has 108 valence electrons. The van der Waals surface area contributed by atoms with E-state index in [9.17, 15) is 0 Å². The first-order chi connectivity index (χ1) is 9.76. The van der Waals surface area contributed by atoms with Crippen molar-refractivity contribution in [1.82, 2.24) is 4.98 Å². The van der Waals surface area contributed by atoms with Crippen LogP contribution in [-0.4, -0.2) is 11.5 Å². The highest BCUT2D eigenvalue weighted by atomic mass is 14.9. The number of rotatable bonds is 7. The average Bonchev–Trinajstić information content (AvgIpc) is 2.49. The molecule has 20 heavy (non-hydrogen) atoms. The number of benzene rings is 1. The Kier molecular flexibility index (Phi) is 5.22. The molecule has 1 heterocycles. The minimum atomic E-state index is 0.735. The Balaban J connectivity index is 2.11. The van der Waals surface area contributed by atoms with Crippen molar-refractivity contribution < 1.29 is 0 Å². The molecule has 3 N–H and O–H groups in total. The minimum absolute atomic E-state index is 0.735. The monoisotopic (exact) mass is 271 g/mol. The van der Waals surface area contributed by atoms with Crippen LogP contribution < -0.4 is 11.1 Å². The van der Waals surface area contributed by atoms with Gasteiger partial charge in [0.15, 0.2) is 0 Å². The Labute approximate surface area is 121 Å². The van der Waals surface area contributed by atoms with Crippen LogP contribution in [0.3, 0.4) is 0 Å². The van der Waals surface area contributed by atoms with Gasteiger partial charge in [0.2, 0.25) is 0 Å². The number of nitrogens with one attached hydrogen (secondary N) is 1. The van der Waals surface area contributed by atoms with Gasteiger partial charge >= 0.3 is 0 Å². The van der Waals surface area contributed by atoms with E-state index in [1.807, 2.05) is 18.3 Å². The SMILES string of the molecule is CCCCC(CC)CNc1ccc(N)c2ccncc12. The average molecular weight is 271 g/mol. The molecule has 0 saturated carbocycles. The summed E-state index contributed by atoms with van der Waals surface area (Å²) in [7, 11) is 0. The molecule has 0 amide bonds. The maximum absolute atomic E-state index is 6.02. The van der Waals surface area contributed by atoms with Crippen molar-refractivity contribution in [3.8, 4) is 0 Å². The van der Waals surface area contributed by atoms with Gasteiger partial charge in [-0.05, 0) is 30.5 Å². The van der Waals surface area contributed by atoms with Crippen molar-refractivity contribution in [1.29, 1.82) is 0 Å². The fraction of sp³-hybridized carbons (Fsp3) is 0.471. The predicted octanol–water partition coefficient (Wildman–Crippen LogP) is 4.45. The predicted molar refractivity (Wildman–Crippen MR) is 88.0 cm³/mol. The maximum atomic E-state index is 6.02. The van der Waals surface area contributed by atoms with Gasteiger partial charge in [0, 0.05) is 41.1 Å². The van der Waals surface area contributed by atoms with Crippen LogP contribution in [0, 0.1) is 5.92 Å². The smallest absolute Gasteiger partial charge is 0.0437 e. The second-order valence-electron chi connectivity index (χ2n) is 5.42. The fourth-order valence-corrected chi connectivity index (χ4v) is 2.57. The summed E-state index contributed by atoms with van der Waals surface area (Å²) in [4.78, 5) is 4.22. The van der Waals surface area contributed by atoms with Crippen LogP contribution in [0.5, 0.6) is 0 Å². The van der Waals surface area contributed by atoms with Crippen molar-refractivity contribution in [2.24, 2.45) is 5.92 Å². The first-order valence-electron chi connectivity index (χ1n) is 7.62. The summed E-state index contributed by atoms with van der Waals surface area (Å²) in [6.07, 6.45) is 8.78. The molecule has 0 radical (unpaired) electrons. The van der Waals surface area contributed by atoms with Crippen molar-refractivity contribution in [3.05, 3.63) is 30.6 Å². The van der Waals surface area contributed by atoms with E-state index in [0.29, 0.717) is 0 Å². The number of fused-ring (bicyclic) bond motifs is 1. The van der Waals surface area contributed by atoms with Crippen LogP contribution in [0.4, 0.5) is 11.4 Å². The van der Waals surface area contributed by atoms with Crippen molar-refractivity contribution in [3.63, 3.8) is 0 Å². The molecule has 0 bridgehead atoms. The van der Waals surface area contributed by atoms with Gasteiger partial charge in [0.05, 0.1) is 0 Å². The number of pyridine rings is 1. The summed E-state index contributed by atoms with van der Waals surface area (Å²) in [5.41, 5.74) is 7.96. The molecule has 1 atom stereocenters. The summed E-state index contributed by atoms with van der Waals surface area (Å²) in [5, 5.41) is 5.76. The largest absolute Gasteiger partial charge is 0.398 e. The van der Waals surface area contributed by atoms with E-state index in [1.165, 1.54) is 25.7 Å². The Morgan fingerprint density at radius 2 is 2.05 bits per heavy atom. The standard InChI is InChI=1S/C17H25N3/c1-3-5-6-13(4-2)11-20-17-8-7-16(18)14-9-10-19-12-15(14)17/h7-10,12-13,20H,3-6,11,18H2,1-2H3. The van der Waals surface area contributed by atoms with E-state index >= 15 is 0 Å². The zero-order valence-electron chi connectivity index (χ0n) is 12.5. The van der Waals surface area contributed by atoms with E-state index < -0.39 is 0 Å². The van der Waals surface area contributed by atoms with Crippen molar-refractivity contribution in [2.45, 2.75) is 39.5 Å². The summed E-state index contributed by atoms with van der Waals surface area (Å²) >= 11 is 0. The molecule has 1 aromatic heterocycles. The molecular formula is C17H25N3. The first-order valence-corrected chi connectivity index (χ1v) is 7.62. The summed E-state index contributed by atoms with van der Waals surface area (Å²) < 4.78 is 0. The lowest BCUT2D eigenvalue weighted by atomic mass is 9.99. The number of unbranched alkanes of at least 4 members (excludes halogenated alkanes) is 1. The van der Waals surface area contributed by atoms with Gasteiger partial charge in [-0.25, -0.2) is 0 Å². The molecule has 0 aliphatic heterocycles. The topological polar surface area (TPSA) is 50.9 Å². The van der Waals surface area contributed by atoms with Gasteiger partial charge in [-0.1, -0.05) is 33.1 Å². The van der Waals surface area contributed by atoms with Gasteiger partial charge in [-0.2, -0.15) is 0 Å². The molecule has 3 heteroatoms. The Hall–Kier alpha value is -1.77. The van der Waals surface area contributed by atoms with Crippen LogP contribution in [0.15, 0.2) is 30.6 Å². The molecule has 1 aromatic carbocycles. The van der Waals surface area contributed by atoms with Gasteiger partial charge < -0.3 is 11.1 Å². The highest BCUT2D eigenvalue weighted by molar-refractivity contribution is 6.00. The van der Waals surface area contributed by atoms with E-state index in [0.717, 1.165) is 34.6 Å². The van der Waals surface area contributed by atoms with Gasteiger partial charge in [-0.15, -0.1) is 0 Å². The molecule has 0 aliphatic rings. The number of nitrogen functional groups attached to an aromatic ring is 1. The normalized spacial score (nSPS) is 12.5. The lowest BCUT2D eigenvalue weighted by molar-refractivity contribution is 0.473. The van der Waals surface area contributed by atoms with Crippen LogP contribution >= 0.6 is 0 Å². The summed E-state index contributed by atoms with van der Waals surface area (Å²) in [5.74, 6) is 0.735.